The molecule has 2 aromatic heterocycles. The van der Waals surface area contributed by atoms with Gasteiger partial charge in [0.05, 0.1) is 35.4 Å². The molecule has 0 unspecified atom stereocenters. The van der Waals surface area contributed by atoms with Crippen LogP contribution in [-0.4, -0.2) is 87.1 Å². The second kappa shape index (κ2) is 15.3. The third kappa shape index (κ3) is 8.39. The number of nitrogen functional groups attached to an aromatic ring is 1. The molecule has 266 valence electrons. The number of nitrogens with one attached hydrogen (secondary N) is 2. The number of likely N-dealkylation sites (N-methyl/N-ethyl adjacent to an activating group) is 1. The molecule has 2 amide bonds. The molecule has 0 saturated carbocycles. The minimum Gasteiger partial charge on any atom is -0.395 e. The normalized spacial score (nSPS) is 15.1. The van der Waals surface area contributed by atoms with Gasteiger partial charge in [0.15, 0.2) is 0 Å². The lowest BCUT2D eigenvalue weighted by molar-refractivity contribution is -0.138. The Labute approximate surface area is 293 Å². The summed E-state index contributed by atoms with van der Waals surface area (Å²) in [5, 5.41) is 15.2. The first-order chi connectivity index (χ1) is 24.5. The third-order valence-electron chi connectivity index (χ3n) is 9.11. The number of amides is 2. The van der Waals surface area contributed by atoms with Gasteiger partial charge in [-0.1, -0.05) is 37.0 Å². The van der Waals surface area contributed by atoms with Gasteiger partial charge < -0.3 is 30.9 Å². The van der Waals surface area contributed by atoms with Crippen LogP contribution in [0.2, 0.25) is 0 Å². The summed E-state index contributed by atoms with van der Waals surface area (Å²) in [6, 6.07) is 12.6. The lowest BCUT2D eigenvalue weighted by atomic mass is 10.0. The van der Waals surface area contributed by atoms with E-state index in [1.165, 1.54) is 18.3 Å². The maximum Gasteiger partial charge on any atom is 0.416 e. The maximum absolute atomic E-state index is 14.1. The van der Waals surface area contributed by atoms with Gasteiger partial charge in [-0.25, -0.2) is 9.97 Å². The van der Waals surface area contributed by atoms with Crippen LogP contribution in [0, 0.1) is 11.8 Å². The number of aliphatic hydroxyl groups is 1. The predicted molar refractivity (Wildman–Crippen MR) is 187 cm³/mol. The quantitative estimate of drug-likeness (QED) is 0.195. The molecule has 2 aliphatic rings. The van der Waals surface area contributed by atoms with Gasteiger partial charge in [0, 0.05) is 75.4 Å². The summed E-state index contributed by atoms with van der Waals surface area (Å²) in [5.41, 5.74) is 9.34. The summed E-state index contributed by atoms with van der Waals surface area (Å²) in [7, 11) is 0. The van der Waals surface area contributed by atoms with Crippen molar-refractivity contribution in [2.24, 2.45) is 0 Å². The highest BCUT2D eigenvalue weighted by atomic mass is 19.4. The molecule has 1 saturated heterocycles. The predicted octanol–water partition coefficient (Wildman–Crippen LogP) is 3.54. The van der Waals surface area contributed by atoms with Gasteiger partial charge in [0.2, 0.25) is 11.9 Å². The van der Waals surface area contributed by atoms with Gasteiger partial charge >= 0.3 is 6.18 Å². The number of nitrogens with two attached hydrogens (primary N) is 1. The van der Waals surface area contributed by atoms with Crippen LogP contribution in [-0.2, 0) is 36.9 Å². The lowest BCUT2D eigenvalue weighted by Gasteiger charge is -2.34. The van der Waals surface area contributed by atoms with Gasteiger partial charge in [-0.05, 0) is 48.0 Å². The number of aromatic nitrogens is 3. The number of hydrogen-bond acceptors (Lipinski definition) is 8. The Morgan fingerprint density at radius 2 is 1.86 bits per heavy atom. The minimum atomic E-state index is -4.57. The summed E-state index contributed by atoms with van der Waals surface area (Å²) in [4.78, 5) is 38.4. The molecule has 14 heteroatoms. The van der Waals surface area contributed by atoms with Crippen molar-refractivity contribution in [2.75, 3.05) is 56.9 Å². The van der Waals surface area contributed by atoms with Crippen LogP contribution >= 0.6 is 0 Å². The molecule has 4 aromatic rings. The Morgan fingerprint density at radius 3 is 2.61 bits per heavy atom. The Hall–Kier alpha value is -5.23. The average molecular weight is 701 g/mol. The largest absolute Gasteiger partial charge is 0.416 e. The van der Waals surface area contributed by atoms with E-state index in [9.17, 15) is 27.9 Å². The first-order valence-corrected chi connectivity index (χ1v) is 16.8. The van der Waals surface area contributed by atoms with Crippen LogP contribution in [0.15, 0.2) is 54.7 Å². The average Bonchev–Trinajstić information content (AvgIpc) is 3.48. The lowest BCUT2D eigenvalue weighted by Crippen LogP contribution is -2.45. The molecule has 1 fully saturated rings. The number of nitrogens with zero attached hydrogens (tertiary/aromatic N) is 5. The van der Waals surface area contributed by atoms with E-state index >= 15 is 0 Å². The van der Waals surface area contributed by atoms with E-state index in [1.807, 2.05) is 9.47 Å². The third-order valence-corrected chi connectivity index (χ3v) is 9.11. The van der Waals surface area contributed by atoms with Gasteiger partial charge in [-0.2, -0.15) is 13.2 Å². The summed E-state index contributed by atoms with van der Waals surface area (Å²) in [5.74, 6) is 5.49. The fraction of sp³-hybridized carbons (Fsp3) is 0.351. The number of piperazine rings is 1. The fourth-order valence-corrected chi connectivity index (χ4v) is 6.53. The number of aliphatic hydroxyl groups excluding tert-OH is 1. The molecular weight excluding hydrogens is 661 g/mol. The highest BCUT2D eigenvalue weighted by molar-refractivity contribution is 5.98. The number of halogens is 3. The number of benzene rings is 2. The number of anilines is 2. The zero-order valence-electron chi connectivity index (χ0n) is 28.2. The fourth-order valence-electron chi connectivity index (χ4n) is 6.53. The number of fused-ring (bicyclic) bond motifs is 1. The topological polar surface area (TPSA) is 142 Å². The summed E-state index contributed by atoms with van der Waals surface area (Å²) in [6.07, 6.45) is -2.57. The maximum atomic E-state index is 14.1. The first kappa shape index (κ1) is 35.6. The van der Waals surface area contributed by atoms with Crippen molar-refractivity contribution in [3.8, 4) is 23.2 Å². The molecule has 0 bridgehead atoms. The van der Waals surface area contributed by atoms with Crippen molar-refractivity contribution in [2.45, 2.75) is 39.0 Å². The highest BCUT2D eigenvalue weighted by Crippen LogP contribution is 2.35. The van der Waals surface area contributed by atoms with Crippen molar-refractivity contribution >= 4 is 23.5 Å². The zero-order valence-corrected chi connectivity index (χ0v) is 28.2. The number of carbonyl (C=O) groups is 2. The van der Waals surface area contributed by atoms with Crippen molar-refractivity contribution in [3.63, 3.8) is 0 Å². The summed E-state index contributed by atoms with van der Waals surface area (Å²) < 4.78 is 44.1. The van der Waals surface area contributed by atoms with E-state index in [4.69, 9.17) is 5.73 Å². The Bertz CT molecular complexity index is 1990. The van der Waals surface area contributed by atoms with Gasteiger partial charge in [-0.3, -0.25) is 14.5 Å². The second-order valence-corrected chi connectivity index (χ2v) is 12.5. The van der Waals surface area contributed by atoms with Crippen LogP contribution < -0.4 is 16.4 Å². The van der Waals surface area contributed by atoms with Crippen molar-refractivity contribution < 1.29 is 27.9 Å². The molecule has 4 heterocycles. The smallest absolute Gasteiger partial charge is 0.395 e. The molecule has 2 aromatic carbocycles. The number of carbonyl (C=O) groups excluding carboxylic acids is 2. The van der Waals surface area contributed by atoms with E-state index in [-0.39, 0.29) is 49.2 Å². The number of rotatable bonds is 9. The summed E-state index contributed by atoms with van der Waals surface area (Å²) >= 11 is 0. The molecule has 0 aliphatic carbocycles. The highest BCUT2D eigenvalue weighted by Gasteiger charge is 2.34. The molecule has 6 rings (SSSR count). The molecule has 2 aliphatic heterocycles. The van der Waals surface area contributed by atoms with Gasteiger partial charge in [-0.15, -0.1) is 0 Å². The van der Waals surface area contributed by atoms with Crippen LogP contribution in [0.25, 0.3) is 11.4 Å². The van der Waals surface area contributed by atoms with Crippen molar-refractivity contribution in [1.29, 1.82) is 0 Å². The zero-order chi connectivity index (χ0) is 36.1. The van der Waals surface area contributed by atoms with Crippen molar-refractivity contribution in [3.05, 3.63) is 93.8 Å². The minimum absolute atomic E-state index is 0.0187. The van der Waals surface area contributed by atoms with Crippen LogP contribution in [0.1, 0.15) is 50.8 Å². The van der Waals surface area contributed by atoms with E-state index in [0.29, 0.717) is 59.7 Å². The van der Waals surface area contributed by atoms with Crippen LogP contribution in [0.4, 0.5) is 24.8 Å². The first-order valence-electron chi connectivity index (χ1n) is 16.8. The molecule has 0 atom stereocenters. The Balaban J connectivity index is 1.18. The number of hydrogen-bond donors (Lipinski definition) is 4. The van der Waals surface area contributed by atoms with Gasteiger partial charge in [0.1, 0.15) is 5.69 Å². The van der Waals surface area contributed by atoms with E-state index in [0.717, 1.165) is 31.4 Å². The summed E-state index contributed by atoms with van der Waals surface area (Å²) in [6.45, 7) is 6.78. The number of alkyl halides is 3. The van der Waals surface area contributed by atoms with E-state index in [2.05, 4.69) is 44.3 Å². The molecule has 51 heavy (non-hydrogen) atoms. The molecule has 11 nitrogen and oxygen atoms in total. The Morgan fingerprint density at radius 1 is 1.08 bits per heavy atom. The van der Waals surface area contributed by atoms with E-state index in [1.54, 1.807) is 30.3 Å². The molecular formula is C37H39F3N8O3. The Kier molecular flexibility index (Phi) is 10.7. The molecule has 5 N–H and O–H groups in total. The second-order valence-electron chi connectivity index (χ2n) is 12.5. The van der Waals surface area contributed by atoms with Gasteiger partial charge in [0.25, 0.3) is 5.91 Å². The molecule has 0 radical (unpaired) electrons. The standard InChI is InChI=1S/C37H39F3N8O3/c1-2-46-12-14-47(15-13-46)23-27-8-9-28(20-30(27)37(38,39)40)44-33(50)19-25-5-3-4-24(18-25)6-7-26-22-43-36(41)45-34(26)32-21-29-31(48(32)16-17-49)10-11-42-35(29)51/h3-5,8-9,18,20-22,49H,2,10-17,19,23H2,1H3,(H,42,51)(H,44,50)(H2,41,43,45). The van der Waals surface area contributed by atoms with Crippen molar-refractivity contribution in [1.82, 2.24) is 29.7 Å². The van der Waals surface area contributed by atoms with Crippen LogP contribution in [0.5, 0.6) is 0 Å². The monoisotopic (exact) mass is 700 g/mol. The van der Waals surface area contributed by atoms with Crippen LogP contribution in [0.3, 0.4) is 0 Å². The molecule has 0 spiro atoms. The SMILES string of the molecule is CCN1CCN(Cc2ccc(NC(=O)Cc3cccc(C#Cc4cnc(N)nc4-c4cc5c(n4CCO)CCNC5=O)c3)cc2C(F)(F)F)CC1. The van der Waals surface area contributed by atoms with E-state index < -0.39 is 17.6 Å².